The molecule has 0 radical (unpaired) electrons. The fraction of sp³-hybridized carbons (Fsp3) is 0.500. The van der Waals surface area contributed by atoms with E-state index in [9.17, 15) is 9.59 Å². The number of imidazole rings is 1. The topological polar surface area (TPSA) is 58.4 Å². The van der Waals surface area contributed by atoms with E-state index in [0.717, 1.165) is 23.7 Å². The third-order valence-corrected chi connectivity index (χ3v) is 6.59. The van der Waals surface area contributed by atoms with E-state index in [0.29, 0.717) is 37.8 Å². The molecule has 1 saturated carbocycles. The highest BCUT2D eigenvalue weighted by molar-refractivity contribution is 7.99. The molecule has 2 aromatic rings. The lowest BCUT2D eigenvalue weighted by atomic mass is 10.0. The van der Waals surface area contributed by atoms with Gasteiger partial charge in [-0.15, -0.1) is 0 Å². The number of nitrogens with zero attached hydrogens (tertiary/aromatic N) is 4. The minimum Gasteiger partial charge on any atom is -0.339 e. The van der Waals surface area contributed by atoms with Gasteiger partial charge in [-0.1, -0.05) is 37.7 Å². The Hall–Kier alpha value is -2.28. The van der Waals surface area contributed by atoms with Crippen LogP contribution in [0.2, 0.25) is 0 Å². The number of carbonyl (C=O) groups excluding carboxylic acids is 2. The third-order valence-electron chi connectivity index (χ3n) is 5.64. The molecule has 1 saturated heterocycles. The Labute approximate surface area is 176 Å². The molecule has 1 aliphatic carbocycles. The van der Waals surface area contributed by atoms with Crippen molar-refractivity contribution in [3.05, 3.63) is 42.2 Å². The highest BCUT2D eigenvalue weighted by Gasteiger charge is 2.35. The zero-order valence-corrected chi connectivity index (χ0v) is 17.9. The Morgan fingerprint density at radius 3 is 2.34 bits per heavy atom. The third kappa shape index (κ3) is 4.66. The Bertz CT molecular complexity index is 865. The molecule has 29 heavy (non-hydrogen) atoms. The summed E-state index contributed by atoms with van der Waals surface area (Å²) in [6, 6.07) is 8.47. The molecule has 2 aliphatic rings. The van der Waals surface area contributed by atoms with E-state index < -0.39 is 0 Å². The van der Waals surface area contributed by atoms with Gasteiger partial charge in [-0.3, -0.25) is 14.2 Å². The van der Waals surface area contributed by atoms with Gasteiger partial charge >= 0.3 is 0 Å². The quantitative estimate of drug-likeness (QED) is 0.684. The molecule has 7 heteroatoms. The molecule has 1 aliphatic heterocycles. The van der Waals surface area contributed by atoms with Gasteiger partial charge in [0.15, 0.2) is 5.16 Å². The predicted molar refractivity (Wildman–Crippen MR) is 114 cm³/mol. The molecule has 4 rings (SSSR count). The van der Waals surface area contributed by atoms with E-state index in [1.54, 1.807) is 6.20 Å². The minimum atomic E-state index is 0.109. The molecule has 1 aromatic heterocycles. The molecule has 6 nitrogen and oxygen atoms in total. The number of thioether (sulfide) groups is 1. The second-order valence-electron chi connectivity index (χ2n) is 8.10. The first kappa shape index (κ1) is 20.0. The van der Waals surface area contributed by atoms with Crippen LogP contribution < -0.4 is 0 Å². The van der Waals surface area contributed by atoms with E-state index in [-0.39, 0.29) is 17.7 Å². The number of piperazine rings is 1. The molecule has 0 N–H and O–H groups in total. The lowest BCUT2D eigenvalue weighted by Crippen LogP contribution is -2.51. The van der Waals surface area contributed by atoms with Gasteiger partial charge in [0.2, 0.25) is 11.8 Å². The molecule has 0 spiro atoms. The van der Waals surface area contributed by atoms with Gasteiger partial charge in [0.25, 0.3) is 0 Å². The lowest BCUT2D eigenvalue weighted by Gasteiger charge is -2.34. The molecule has 0 unspecified atom stereocenters. The monoisotopic (exact) mass is 412 g/mol. The van der Waals surface area contributed by atoms with Crippen molar-refractivity contribution in [2.24, 2.45) is 5.92 Å². The van der Waals surface area contributed by atoms with E-state index in [1.165, 1.54) is 17.3 Å². The summed E-state index contributed by atoms with van der Waals surface area (Å²) < 4.78 is 2.02. The fourth-order valence-electron chi connectivity index (χ4n) is 3.60. The first-order chi connectivity index (χ1) is 14.0. The number of aromatic nitrogens is 2. The van der Waals surface area contributed by atoms with Crippen molar-refractivity contribution in [1.29, 1.82) is 0 Å². The number of amides is 2. The van der Waals surface area contributed by atoms with Crippen LogP contribution in [0.4, 0.5) is 0 Å². The van der Waals surface area contributed by atoms with Crippen LogP contribution in [-0.2, 0) is 9.59 Å². The van der Waals surface area contributed by atoms with E-state index in [2.05, 4.69) is 43.1 Å². The molecular weight excluding hydrogens is 384 g/mol. The van der Waals surface area contributed by atoms with Crippen molar-refractivity contribution < 1.29 is 9.59 Å². The van der Waals surface area contributed by atoms with Crippen molar-refractivity contribution in [2.45, 2.75) is 37.8 Å². The Kier molecular flexibility index (Phi) is 5.94. The summed E-state index contributed by atoms with van der Waals surface area (Å²) >= 11 is 1.46. The normalized spacial score (nSPS) is 17.1. The van der Waals surface area contributed by atoms with Crippen LogP contribution in [0.3, 0.4) is 0 Å². The second kappa shape index (κ2) is 8.61. The van der Waals surface area contributed by atoms with Crippen molar-refractivity contribution in [3.8, 4) is 5.69 Å². The average Bonchev–Trinajstić information content (AvgIpc) is 3.49. The van der Waals surface area contributed by atoms with Crippen LogP contribution in [0.5, 0.6) is 0 Å². The number of hydrogen-bond acceptors (Lipinski definition) is 4. The van der Waals surface area contributed by atoms with Crippen LogP contribution in [-0.4, -0.2) is 63.1 Å². The standard InChI is InChI=1S/C22H28N4O2S/c1-16(2)17-5-7-19(8-6-17)26-10-9-23-22(26)29-15-20(27)24-11-13-25(14-12-24)21(28)18-3-4-18/h5-10,16,18H,3-4,11-15H2,1-2H3. The van der Waals surface area contributed by atoms with Gasteiger partial charge in [-0.05, 0) is 36.5 Å². The lowest BCUT2D eigenvalue weighted by molar-refractivity contribution is -0.139. The first-order valence-electron chi connectivity index (χ1n) is 10.4. The number of hydrogen-bond donors (Lipinski definition) is 0. The van der Waals surface area contributed by atoms with E-state index in [1.807, 2.05) is 20.6 Å². The molecule has 0 atom stereocenters. The van der Waals surface area contributed by atoms with Gasteiger partial charge in [0.1, 0.15) is 0 Å². The maximum Gasteiger partial charge on any atom is 0.233 e. The summed E-state index contributed by atoms with van der Waals surface area (Å²) in [5.41, 5.74) is 2.35. The molecule has 2 heterocycles. The van der Waals surface area contributed by atoms with Crippen molar-refractivity contribution in [3.63, 3.8) is 0 Å². The van der Waals surface area contributed by atoms with Crippen LogP contribution in [0.15, 0.2) is 41.8 Å². The first-order valence-corrected chi connectivity index (χ1v) is 11.3. The molecular formula is C22H28N4O2S. The predicted octanol–water partition coefficient (Wildman–Crippen LogP) is 3.17. The van der Waals surface area contributed by atoms with Crippen LogP contribution in [0.1, 0.15) is 38.2 Å². The highest BCUT2D eigenvalue weighted by atomic mass is 32.2. The zero-order valence-electron chi connectivity index (χ0n) is 17.1. The van der Waals surface area contributed by atoms with Crippen LogP contribution in [0.25, 0.3) is 5.69 Å². The minimum absolute atomic E-state index is 0.109. The van der Waals surface area contributed by atoms with Crippen LogP contribution in [0, 0.1) is 5.92 Å². The average molecular weight is 413 g/mol. The number of benzene rings is 1. The van der Waals surface area contributed by atoms with Crippen molar-refractivity contribution >= 4 is 23.6 Å². The largest absolute Gasteiger partial charge is 0.339 e. The zero-order chi connectivity index (χ0) is 20.4. The molecule has 0 bridgehead atoms. The molecule has 154 valence electrons. The van der Waals surface area contributed by atoms with E-state index in [4.69, 9.17) is 0 Å². The molecule has 2 amide bonds. The molecule has 1 aromatic carbocycles. The Morgan fingerprint density at radius 1 is 1.07 bits per heavy atom. The second-order valence-corrected chi connectivity index (χ2v) is 9.04. The SMILES string of the molecule is CC(C)c1ccc(-n2ccnc2SCC(=O)N2CCN(C(=O)C3CC3)CC2)cc1. The summed E-state index contributed by atoms with van der Waals surface area (Å²) in [6.45, 7) is 6.93. The highest BCUT2D eigenvalue weighted by Crippen LogP contribution is 2.31. The summed E-state index contributed by atoms with van der Waals surface area (Å²) in [4.78, 5) is 33.0. The van der Waals surface area contributed by atoms with Gasteiger partial charge in [-0.25, -0.2) is 4.98 Å². The summed E-state index contributed by atoms with van der Waals surface area (Å²) in [5.74, 6) is 1.49. The van der Waals surface area contributed by atoms with Crippen molar-refractivity contribution in [2.75, 3.05) is 31.9 Å². The Balaban J connectivity index is 1.31. The number of rotatable bonds is 6. The van der Waals surface area contributed by atoms with Gasteiger partial charge < -0.3 is 9.80 Å². The summed E-state index contributed by atoms with van der Waals surface area (Å²) in [5, 5.41) is 0.818. The van der Waals surface area contributed by atoms with Crippen molar-refractivity contribution in [1.82, 2.24) is 19.4 Å². The van der Waals surface area contributed by atoms with Gasteiger partial charge in [0, 0.05) is 50.2 Å². The van der Waals surface area contributed by atoms with Gasteiger partial charge in [0.05, 0.1) is 5.75 Å². The van der Waals surface area contributed by atoms with E-state index >= 15 is 0 Å². The summed E-state index contributed by atoms with van der Waals surface area (Å²) in [6.07, 6.45) is 5.76. The fourth-order valence-corrected chi connectivity index (χ4v) is 4.47. The van der Waals surface area contributed by atoms with Crippen LogP contribution >= 0.6 is 11.8 Å². The smallest absolute Gasteiger partial charge is 0.233 e. The maximum absolute atomic E-state index is 12.6. The van der Waals surface area contributed by atoms with Gasteiger partial charge in [-0.2, -0.15) is 0 Å². The summed E-state index contributed by atoms with van der Waals surface area (Å²) in [7, 11) is 0. The Morgan fingerprint density at radius 2 is 1.72 bits per heavy atom. The maximum atomic E-state index is 12.6. The number of carbonyl (C=O) groups is 2. The molecule has 2 fully saturated rings.